The lowest BCUT2D eigenvalue weighted by Gasteiger charge is -2.09. The first-order valence-electron chi connectivity index (χ1n) is 4.89. The second kappa shape index (κ2) is 3.90. The highest BCUT2D eigenvalue weighted by Crippen LogP contribution is 2.36. The van der Waals surface area contributed by atoms with Gasteiger partial charge in [0.1, 0.15) is 5.75 Å². The van der Waals surface area contributed by atoms with Crippen molar-refractivity contribution in [2.45, 2.75) is 25.1 Å². The van der Waals surface area contributed by atoms with Gasteiger partial charge in [-0.1, -0.05) is 0 Å². The van der Waals surface area contributed by atoms with E-state index in [1.807, 2.05) is 0 Å². The van der Waals surface area contributed by atoms with Crippen LogP contribution in [0, 0.1) is 10.1 Å². The Morgan fingerprint density at radius 1 is 1.29 bits per heavy atom. The topological polar surface area (TPSA) is 52.4 Å². The quantitative estimate of drug-likeness (QED) is 0.609. The van der Waals surface area contributed by atoms with E-state index in [4.69, 9.17) is 4.74 Å². The molecule has 1 fully saturated rings. The third kappa shape index (κ3) is 2.86. The Labute approximate surface area is 94.1 Å². The molecule has 1 aliphatic carbocycles. The van der Waals surface area contributed by atoms with Gasteiger partial charge in [-0.15, -0.1) is 0 Å². The van der Waals surface area contributed by atoms with E-state index < -0.39 is 22.4 Å². The molecule has 0 amide bonds. The van der Waals surface area contributed by atoms with Gasteiger partial charge in [0.15, 0.2) is 0 Å². The fraction of sp³-hybridized carbons (Fsp3) is 0.400. The van der Waals surface area contributed by atoms with Crippen LogP contribution in [0.5, 0.6) is 5.75 Å². The Bertz CT molecular complexity index is 455. The van der Waals surface area contributed by atoms with E-state index in [9.17, 15) is 23.3 Å². The smallest absolute Gasteiger partial charge is 0.416 e. The number of non-ortho nitro benzene ring substituents is 1. The standard InChI is InChI=1S/C10H8F3NO3/c11-10(12,13)6-3-7(14(15)16)5-9(4-6)17-8-1-2-8/h3-5,8H,1-2H2. The number of rotatable bonds is 3. The number of benzene rings is 1. The summed E-state index contributed by atoms with van der Waals surface area (Å²) in [6.45, 7) is 0. The highest BCUT2D eigenvalue weighted by molar-refractivity contribution is 5.44. The third-order valence-corrected chi connectivity index (χ3v) is 2.26. The molecule has 0 N–H and O–H groups in total. The van der Waals surface area contributed by atoms with Gasteiger partial charge in [-0.2, -0.15) is 13.2 Å². The van der Waals surface area contributed by atoms with Crippen LogP contribution in [0.2, 0.25) is 0 Å². The lowest BCUT2D eigenvalue weighted by atomic mass is 10.2. The molecule has 1 saturated carbocycles. The summed E-state index contributed by atoms with van der Waals surface area (Å²) in [5.74, 6) is -0.103. The summed E-state index contributed by atoms with van der Waals surface area (Å²) in [5, 5.41) is 10.5. The number of nitro groups is 1. The number of hydrogen-bond donors (Lipinski definition) is 0. The van der Waals surface area contributed by atoms with Crippen molar-refractivity contribution in [3.05, 3.63) is 33.9 Å². The van der Waals surface area contributed by atoms with Crippen LogP contribution in [-0.2, 0) is 6.18 Å². The predicted octanol–water partition coefficient (Wildman–Crippen LogP) is 3.15. The van der Waals surface area contributed by atoms with Crippen LogP contribution in [0.15, 0.2) is 18.2 Å². The molecule has 0 spiro atoms. The molecule has 0 bridgehead atoms. The zero-order valence-electron chi connectivity index (χ0n) is 8.53. The average molecular weight is 247 g/mol. The van der Waals surface area contributed by atoms with Crippen LogP contribution < -0.4 is 4.74 Å². The first kappa shape index (κ1) is 11.7. The summed E-state index contributed by atoms with van der Waals surface area (Å²) < 4.78 is 42.6. The molecule has 7 heteroatoms. The van der Waals surface area contributed by atoms with Gasteiger partial charge >= 0.3 is 6.18 Å². The zero-order chi connectivity index (χ0) is 12.6. The van der Waals surface area contributed by atoms with Crippen LogP contribution in [-0.4, -0.2) is 11.0 Å². The predicted molar refractivity (Wildman–Crippen MR) is 51.7 cm³/mol. The molecule has 0 atom stereocenters. The largest absolute Gasteiger partial charge is 0.490 e. The van der Waals surface area contributed by atoms with E-state index in [2.05, 4.69) is 0 Å². The maximum absolute atomic E-state index is 12.5. The van der Waals surface area contributed by atoms with Gasteiger partial charge in [-0.05, 0) is 18.9 Å². The molecule has 4 nitrogen and oxygen atoms in total. The Morgan fingerprint density at radius 3 is 2.41 bits per heavy atom. The van der Waals surface area contributed by atoms with Gasteiger partial charge in [0.05, 0.1) is 22.7 Å². The maximum atomic E-state index is 12.5. The average Bonchev–Trinajstić information content (AvgIpc) is 2.99. The highest BCUT2D eigenvalue weighted by atomic mass is 19.4. The van der Waals surface area contributed by atoms with Crippen LogP contribution in [0.4, 0.5) is 18.9 Å². The van der Waals surface area contributed by atoms with Crippen molar-refractivity contribution in [3.8, 4) is 5.75 Å². The van der Waals surface area contributed by atoms with Crippen molar-refractivity contribution in [2.24, 2.45) is 0 Å². The normalized spacial score (nSPS) is 15.7. The molecular formula is C10H8F3NO3. The lowest BCUT2D eigenvalue weighted by Crippen LogP contribution is -2.07. The summed E-state index contributed by atoms with van der Waals surface area (Å²) in [6.07, 6.45) is -3.19. The molecule has 0 radical (unpaired) electrons. The highest BCUT2D eigenvalue weighted by Gasteiger charge is 2.34. The first-order valence-corrected chi connectivity index (χ1v) is 4.89. The van der Waals surface area contributed by atoms with Crippen LogP contribution in [0.1, 0.15) is 18.4 Å². The van der Waals surface area contributed by atoms with Crippen molar-refractivity contribution in [1.29, 1.82) is 0 Å². The Kier molecular flexibility index (Phi) is 2.68. The third-order valence-electron chi connectivity index (χ3n) is 2.26. The van der Waals surface area contributed by atoms with E-state index in [1.165, 1.54) is 0 Å². The van der Waals surface area contributed by atoms with Crippen LogP contribution in [0.3, 0.4) is 0 Å². The molecule has 0 heterocycles. The van der Waals surface area contributed by atoms with Gasteiger partial charge in [0, 0.05) is 6.07 Å². The van der Waals surface area contributed by atoms with Gasteiger partial charge < -0.3 is 4.74 Å². The zero-order valence-corrected chi connectivity index (χ0v) is 8.53. The fourth-order valence-corrected chi connectivity index (χ4v) is 1.30. The minimum atomic E-state index is -4.62. The van der Waals surface area contributed by atoms with E-state index >= 15 is 0 Å². The fourth-order valence-electron chi connectivity index (χ4n) is 1.30. The minimum absolute atomic E-state index is 0.103. The van der Waals surface area contributed by atoms with Crippen LogP contribution in [0.25, 0.3) is 0 Å². The van der Waals surface area contributed by atoms with Crippen molar-refractivity contribution in [3.63, 3.8) is 0 Å². The van der Waals surface area contributed by atoms with E-state index in [0.717, 1.165) is 25.0 Å². The number of nitro benzene ring substituents is 1. The van der Waals surface area contributed by atoms with Gasteiger partial charge in [0.25, 0.3) is 5.69 Å². The number of nitrogens with zero attached hydrogens (tertiary/aromatic N) is 1. The lowest BCUT2D eigenvalue weighted by molar-refractivity contribution is -0.385. The molecule has 0 unspecified atom stereocenters. The monoisotopic (exact) mass is 247 g/mol. The van der Waals surface area contributed by atoms with Crippen molar-refractivity contribution in [1.82, 2.24) is 0 Å². The summed E-state index contributed by atoms with van der Waals surface area (Å²) in [6, 6.07) is 2.29. The van der Waals surface area contributed by atoms with Gasteiger partial charge in [-0.3, -0.25) is 10.1 Å². The molecule has 1 aromatic rings. The molecule has 1 aliphatic rings. The number of alkyl halides is 3. The van der Waals surface area contributed by atoms with Crippen LogP contribution >= 0.6 is 0 Å². The van der Waals surface area contributed by atoms with Crippen molar-refractivity contribution in [2.75, 3.05) is 0 Å². The maximum Gasteiger partial charge on any atom is 0.416 e. The van der Waals surface area contributed by atoms with Crippen molar-refractivity contribution < 1.29 is 22.8 Å². The molecular weight excluding hydrogens is 239 g/mol. The summed E-state index contributed by atoms with van der Waals surface area (Å²) in [5.41, 5.74) is -1.68. The minimum Gasteiger partial charge on any atom is -0.490 e. The number of halogens is 3. The van der Waals surface area contributed by atoms with E-state index in [1.54, 1.807) is 0 Å². The molecule has 0 aromatic heterocycles. The summed E-state index contributed by atoms with van der Waals surface area (Å²) in [7, 11) is 0. The van der Waals surface area contributed by atoms with Gasteiger partial charge in [-0.25, -0.2) is 0 Å². The molecule has 92 valence electrons. The van der Waals surface area contributed by atoms with Crippen molar-refractivity contribution >= 4 is 5.69 Å². The number of ether oxygens (including phenoxy) is 1. The summed E-state index contributed by atoms with van der Waals surface area (Å²) in [4.78, 5) is 9.65. The van der Waals surface area contributed by atoms with Gasteiger partial charge in [0.2, 0.25) is 0 Å². The molecule has 2 rings (SSSR count). The second-order valence-corrected chi connectivity index (χ2v) is 3.79. The molecule has 1 aromatic carbocycles. The Balaban J connectivity index is 2.37. The van der Waals surface area contributed by atoms with E-state index in [-0.39, 0.29) is 11.9 Å². The number of hydrogen-bond acceptors (Lipinski definition) is 3. The Morgan fingerprint density at radius 2 is 1.94 bits per heavy atom. The first-order chi connectivity index (χ1) is 7.86. The van der Waals surface area contributed by atoms with E-state index in [0.29, 0.717) is 6.07 Å². The molecule has 0 aliphatic heterocycles. The molecule has 17 heavy (non-hydrogen) atoms. The SMILES string of the molecule is O=[N+]([O-])c1cc(OC2CC2)cc(C(F)(F)F)c1. The Hall–Kier alpha value is -1.79. The summed E-state index contributed by atoms with van der Waals surface area (Å²) >= 11 is 0. The second-order valence-electron chi connectivity index (χ2n) is 3.79. The molecule has 0 saturated heterocycles.